The van der Waals surface area contributed by atoms with Gasteiger partial charge in [0.05, 0.1) is 33.8 Å². The van der Waals surface area contributed by atoms with Crippen LogP contribution in [0.5, 0.6) is 0 Å². The van der Waals surface area contributed by atoms with Crippen LogP contribution >= 0.6 is 0 Å². The maximum absolute atomic E-state index is 5.44. The summed E-state index contributed by atoms with van der Waals surface area (Å²) in [5.41, 5.74) is 23.5. The summed E-state index contributed by atoms with van der Waals surface area (Å²) in [6.07, 6.45) is 3.94. The molecule has 6 heteroatoms. The molecule has 6 nitrogen and oxygen atoms in total. The van der Waals surface area contributed by atoms with Crippen molar-refractivity contribution in [1.82, 2.24) is 29.9 Å². The van der Waals surface area contributed by atoms with Crippen LogP contribution in [0.25, 0.3) is 112 Å². The number of pyridine rings is 2. The van der Waals surface area contributed by atoms with E-state index in [9.17, 15) is 0 Å². The monoisotopic (exact) mass is 968 g/mol. The summed E-state index contributed by atoms with van der Waals surface area (Å²) in [6.45, 7) is 0. The Labute approximate surface area is 439 Å². The molecule has 1 unspecified atom stereocenters. The van der Waals surface area contributed by atoms with E-state index in [0.717, 1.165) is 100 Å². The van der Waals surface area contributed by atoms with Gasteiger partial charge in [-0.3, -0.25) is 9.97 Å². The lowest BCUT2D eigenvalue weighted by Crippen LogP contribution is -2.27. The van der Waals surface area contributed by atoms with E-state index in [4.69, 9.17) is 29.9 Å². The molecule has 3 aliphatic rings. The Morgan fingerprint density at radius 1 is 0.237 bits per heavy atom. The predicted octanol–water partition coefficient (Wildman–Crippen LogP) is 16.7. The molecule has 0 N–H and O–H groups in total. The minimum atomic E-state index is 0.00711. The number of nitrogens with zero attached hydrogens (tertiary/aromatic N) is 6. The Bertz CT molecular complexity index is 4150. The zero-order chi connectivity index (χ0) is 50.1. The minimum absolute atomic E-state index is 0.00711. The fourth-order valence-corrected chi connectivity index (χ4v) is 11.8. The highest BCUT2D eigenvalue weighted by atomic mass is 14.9. The first kappa shape index (κ1) is 43.5. The molecule has 0 amide bonds. The number of para-hydroxylation sites is 2. The van der Waals surface area contributed by atoms with Gasteiger partial charge >= 0.3 is 0 Å². The fraction of sp³-hybridized carbons (Fsp3) is 0.0286. The summed E-state index contributed by atoms with van der Waals surface area (Å²) in [5.74, 6) is 1.38. The second-order valence-corrected chi connectivity index (χ2v) is 19.8. The molecular weight excluding hydrogens is 925 g/mol. The third kappa shape index (κ3) is 7.41. The van der Waals surface area contributed by atoms with E-state index in [0.29, 0.717) is 11.6 Å². The summed E-state index contributed by atoms with van der Waals surface area (Å²) in [6, 6.07) is 85.8. The van der Waals surface area contributed by atoms with Crippen molar-refractivity contribution in [1.29, 1.82) is 0 Å². The van der Waals surface area contributed by atoms with Gasteiger partial charge < -0.3 is 0 Å². The highest BCUT2D eigenvalue weighted by Gasteiger charge is 2.41. The van der Waals surface area contributed by atoms with Crippen molar-refractivity contribution >= 4 is 21.8 Å². The van der Waals surface area contributed by atoms with Gasteiger partial charge in [-0.2, -0.15) is 0 Å². The molecule has 0 fully saturated rings. The Morgan fingerprint density at radius 3 is 1.07 bits per heavy atom. The largest absolute Gasteiger partial charge is 0.256 e. The maximum atomic E-state index is 5.44. The van der Waals surface area contributed by atoms with Gasteiger partial charge in [0.2, 0.25) is 0 Å². The van der Waals surface area contributed by atoms with Crippen LogP contribution in [0, 0.1) is 0 Å². The normalized spacial score (nSPS) is 14.1. The van der Waals surface area contributed by atoms with Crippen LogP contribution in [0.1, 0.15) is 45.2 Å². The summed E-state index contributed by atoms with van der Waals surface area (Å²) in [5, 5.41) is 2.19. The molecule has 2 atom stereocenters. The van der Waals surface area contributed by atoms with E-state index in [1.54, 1.807) is 0 Å². The molecule has 0 spiro atoms. The second kappa shape index (κ2) is 17.9. The fourth-order valence-electron chi connectivity index (χ4n) is 11.8. The van der Waals surface area contributed by atoms with Crippen molar-refractivity contribution in [2.45, 2.75) is 11.8 Å². The Balaban J connectivity index is 0.850. The molecule has 0 saturated heterocycles. The Kier molecular flexibility index (Phi) is 10.2. The van der Waals surface area contributed by atoms with Crippen molar-refractivity contribution < 1.29 is 0 Å². The summed E-state index contributed by atoms with van der Waals surface area (Å²) >= 11 is 0. The van der Waals surface area contributed by atoms with E-state index in [1.165, 1.54) is 33.4 Å². The third-order valence-corrected chi connectivity index (χ3v) is 15.4. The zero-order valence-corrected chi connectivity index (χ0v) is 41.1. The van der Waals surface area contributed by atoms with Crippen LogP contribution in [0.3, 0.4) is 0 Å². The number of hydrogen-bond donors (Lipinski definition) is 0. The lowest BCUT2D eigenvalue weighted by atomic mass is 9.61. The van der Waals surface area contributed by atoms with Crippen molar-refractivity contribution in [3.8, 4) is 90.1 Å². The molecule has 0 radical (unpaired) electrons. The quantitative estimate of drug-likeness (QED) is 0.151. The van der Waals surface area contributed by atoms with Crippen LogP contribution in [-0.4, -0.2) is 29.9 Å². The molecule has 9 aromatic carbocycles. The van der Waals surface area contributed by atoms with E-state index in [-0.39, 0.29) is 11.8 Å². The number of fused-ring (bicyclic) bond motifs is 2. The minimum Gasteiger partial charge on any atom is -0.256 e. The number of aromatic nitrogens is 6. The standard InChI is InChI=1S/C70H44N6/c1-3-17-43(18-4-1)63-39-65(53-25-11-9-23-51(53)49-35-45-21-7-15-29-61(45)71-41-49)75-69(73-63)47-31-33-57-59(37-47)67-55-27-13-14-28-56(55)68(57)60-38-48(32-34-58(60)67)70-74-64(44-19-5-2-6-20-44)40-66(76-70)54-26-12-10-24-52(54)50-36-46-22-8-16-30-62(46)72-42-50/h1-42,67-68H/t67-,68?/m1/s1. The first-order chi connectivity index (χ1) is 37.6. The van der Waals surface area contributed by atoms with Gasteiger partial charge in [-0.05, 0) is 93.0 Å². The van der Waals surface area contributed by atoms with Crippen LogP contribution < -0.4 is 0 Å². The average Bonchev–Trinajstić information content (AvgIpc) is 3.65. The van der Waals surface area contributed by atoms with Gasteiger partial charge in [0.1, 0.15) is 0 Å². The van der Waals surface area contributed by atoms with Gasteiger partial charge in [0.15, 0.2) is 11.6 Å². The Hall–Kier alpha value is -10.0. The van der Waals surface area contributed by atoms with Gasteiger partial charge in [0, 0.05) is 79.5 Å². The first-order valence-corrected chi connectivity index (χ1v) is 25.8. The summed E-state index contributed by atoms with van der Waals surface area (Å²) < 4.78 is 0. The highest BCUT2D eigenvalue weighted by molar-refractivity contribution is 5.91. The van der Waals surface area contributed by atoms with Crippen molar-refractivity contribution in [3.63, 3.8) is 0 Å². The van der Waals surface area contributed by atoms with Crippen molar-refractivity contribution in [2.75, 3.05) is 0 Å². The van der Waals surface area contributed by atoms with E-state index in [1.807, 2.05) is 36.7 Å². The molecule has 354 valence electrons. The molecule has 2 bridgehead atoms. The number of rotatable bonds is 8. The van der Waals surface area contributed by atoms with Crippen LogP contribution in [0.4, 0.5) is 0 Å². The average molecular weight is 969 g/mol. The molecule has 4 aromatic heterocycles. The Morgan fingerprint density at radius 2 is 0.605 bits per heavy atom. The zero-order valence-electron chi connectivity index (χ0n) is 41.1. The van der Waals surface area contributed by atoms with E-state index in [2.05, 4.69) is 218 Å². The lowest BCUT2D eigenvalue weighted by Gasteiger charge is -2.42. The molecule has 13 aromatic rings. The van der Waals surface area contributed by atoms with E-state index >= 15 is 0 Å². The molecule has 0 saturated carbocycles. The molecular formula is C70H44N6. The van der Waals surface area contributed by atoms with Gasteiger partial charge in [-0.25, -0.2) is 19.9 Å². The van der Waals surface area contributed by atoms with Gasteiger partial charge in [-0.15, -0.1) is 0 Å². The molecule has 3 aliphatic carbocycles. The lowest BCUT2D eigenvalue weighted by molar-refractivity contribution is 0.754. The van der Waals surface area contributed by atoms with E-state index < -0.39 is 0 Å². The van der Waals surface area contributed by atoms with Crippen LogP contribution in [0.2, 0.25) is 0 Å². The molecule has 16 rings (SSSR count). The second-order valence-electron chi connectivity index (χ2n) is 19.8. The maximum Gasteiger partial charge on any atom is 0.160 e. The summed E-state index contributed by atoms with van der Waals surface area (Å²) in [7, 11) is 0. The third-order valence-electron chi connectivity index (χ3n) is 15.4. The smallest absolute Gasteiger partial charge is 0.160 e. The SMILES string of the molecule is c1ccc(-c2cc(-c3ccccc3-c3cnc4ccccc4c3)nc(-c3ccc4c(c3)C3c5ccccc5[C@H]4c4cc(-c5nc(-c6ccccc6)cc(-c6ccccc6-c6cnc7ccccc7c6)n5)ccc43)n2)cc1. The van der Waals surface area contributed by atoms with Gasteiger partial charge in [-0.1, -0.05) is 194 Å². The first-order valence-electron chi connectivity index (χ1n) is 25.8. The number of benzene rings is 9. The topological polar surface area (TPSA) is 77.3 Å². The van der Waals surface area contributed by atoms with Gasteiger partial charge in [0.25, 0.3) is 0 Å². The number of hydrogen-bond acceptors (Lipinski definition) is 6. The molecule has 76 heavy (non-hydrogen) atoms. The van der Waals surface area contributed by atoms with Crippen LogP contribution in [-0.2, 0) is 0 Å². The predicted molar refractivity (Wildman–Crippen MR) is 306 cm³/mol. The van der Waals surface area contributed by atoms with Crippen molar-refractivity contribution in [3.05, 3.63) is 288 Å². The van der Waals surface area contributed by atoms with Crippen molar-refractivity contribution in [2.24, 2.45) is 0 Å². The summed E-state index contributed by atoms with van der Waals surface area (Å²) in [4.78, 5) is 31.2. The highest BCUT2D eigenvalue weighted by Crippen LogP contribution is 2.57. The van der Waals surface area contributed by atoms with Crippen LogP contribution in [0.15, 0.2) is 255 Å². The molecule has 4 heterocycles. The molecule has 0 aliphatic heterocycles.